The van der Waals surface area contributed by atoms with Crippen molar-refractivity contribution < 1.29 is 23.9 Å². The van der Waals surface area contributed by atoms with Gasteiger partial charge in [-0.3, -0.25) is 10.1 Å². The van der Waals surface area contributed by atoms with Gasteiger partial charge in [0.1, 0.15) is 5.69 Å². The number of benzene rings is 1. The van der Waals surface area contributed by atoms with Crippen molar-refractivity contribution in [2.75, 3.05) is 32.7 Å². The van der Waals surface area contributed by atoms with E-state index in [1.165, 1.54) is 18.2 Å². The van der Waals surface area contributed by atoms with Gasteiger partial charge in [0.2, 0.25) is 0 Å². The number of methoxy groups -OCH3 is 2. The quantitative estimate of drug-likeness (QED) is 0.232. The number of carbonyl (C=O) groups is 1. The Kier molecular flexibility index (Phi) is 8.00. The van der Waals surface area contributed by atoms with Gasteiger partial charge in [0.15, 0.2) is 6.29 Å². The van der Waals surface area contributed by atoms with Crippen molar-refractivity contribution in [3.05, 3.63) is 33.9 Å². The molecular formula is C15H22N2O6. The molecule has 0 unspecified atom stereocenters. The molecule has 0 saturated heterocycles. The lowest BCUT2D eigenvalue weighted by molar-refractivity contribution is -0.384. The van der Waals surface area contributed by atoms with Crippen molar-refractivity contribution in [3.8, 4) is 0 Å². The first-order valence-electron chi connectivity index (χ1n) is 7.28. The summed E-state index contributed by atoms with van der Waals surface area (Å²) in [5.41, 5.74) is 0.350. The number of hydrogen-bond acceptors (Lipinski definition) is 7. The lowest BCUT2D eigenvalue weighted by Gasteiger charge is -2.13. The van der Waals surface area contributed by atoms with Gasteiger partial charge in [-0.1, -0.05) is 0 Å². The molecule has 0 aromatic heterocycles. The third-order valence-electron chi connectivity index (χ3n) is 3.16. The number of nitro groups is 1. The Morgan fingerprint density at radius 1 is 1.35 bits per heavy atom. The van der Waals surface area contributed by atoms with Gasteiger partial charge in [-0.15, -0.1) is 0 Å². The fourth-order valence-electron chi connectivity index (χ4n) is 2.00. The lowest BCUT2D eigenvalue weighted by Crippen LogP contribution is -2.15. The van der Waals surface area contributed by atoms with E-state index in [0.29, 0.717) is 25.1 Å². The molecule has 0 aliphatic rings. The summed E-state index contributed by atoms with van der Waals surface area (Å²) in [5.74, 6) is -0.579. The van der Waals surface area contributed by atoms with Crippen molar-refractivity contribution in [2.45, 2.75) is 26.1 Å². The van der Waals surface area contributed by atoms with Crippen LogP contribution in [-0.4, -0.2) is 44.6 Å². The number of hydrogen-bond donors (Lipinski definition) is 1. The van der Waals surface area contributed by atoms with E-state index in [4.69, 9.17) is 14.2 Å². The van der Waals surface area contributed by atoms with Crippen LogP contribution in [0.15, 0.2) is 18.2 Å². The van der Waals surface area contributed by atoms with Crippen LogP contribution >= 0.6 is 0 Å². The standard InChI is InChI=1S/C15H22N2O6/c1-4-23-15(18)11-7-8-12(13(10-11)17(19)20)16-9-5-6-14(21-2)22-3/h7-8,10,14,16H,4-6,9H2,1-3H3. The summed E-state index contributed by atoms with van der Waals surface area (Å²) in [4.78, 5) is 22.3. The Bertz CT molecular complexity index is 531. The second-order valence-electron chi connectivity index (χ2n) is 4.68. The molecule has 0 heterocycles. The third-order valence-corrected chi connectivity index (χ3v) is 3.16. The summed E-state index contributed by atoms with van der Waals surface area (Å²) in [6, 6.07) is 4.22. The third kappa shape index (κ3) is 5.84. The molecule has 23 heavy (non-hydrogen) atoms. The van der Waals surface area contributed by atoms with E-state index in [1.807, 2.05) is 0 Å². The zero-order valence-corrected chi connectivity index (χ0v) is 13.5. The number of nitro benzene ring substituents is 1. The topological polar surface area (TPSA) is 99.9 Å². The van der Waals surface area contributed by atoms with Crippen LogP contribution in [-0.2, 0) is 14.2 Å². The average Bonchev–Trinajstić information content (AvgIpc) is 2.55. The molecule has 0 radical (unpaired) electrons. The summed E-state index contributed by atoms with van der Waals surface area (Å²) >= 11 is 0. The average molecular weight is 326 g/mol. The molecule has 0 atom stereocenters. The van der Waals surface area contributed by atoms with Crippen LogP contribution in [0.4, 0.5) is 11.4 Å². The van der Waals surface area contributed by atoms with Crippen molar-refractivity contribution >= 4 is 17.3 Å². The summed E-state index contributed by atoms with van der Waals surface area (Å²) < 4.78 is 15.0. The van der Waals surface area contributed by atoms with Crippen LogP contribution in [0.25, 0.3) is 0 Å². The molecule has 0 fully saturated rings. The van der Waals surface area contributed by atoms with Crippen LogP contribution in [0.5, 0.6) is 0 Å². The van der Waals surface area contributed by atoms with E-state index in [-0.39, 0.29) is 24.1 Å². The molecule has 0 amide bonds. The minimum Gasteiger partial charge on any atom is -0.462 e. The normalized spacial score (nSPS) is 10.6. The van der Waals surface area contributed by atoms with Gasteiger partial charge in [-0.25, -0.2) is 4.79 Å². The van der Waals surface area contributed by atoms with Gasteiger partial charge in [0.05, 0.1) is 17.1 Å². The van der Waals surface area contributed by atoms with Gasteiger partial charge in [-0.05, 0) is 31.9 Å². The van der Waals surface area contributed by atoms with E-state index in [9.17, 15) is 14.9 Å². The smallest absolute Gasteiger partial charge is 0.338 e. The second kappa shape index (κ2) is 9.75. The van der Waals surface area contributed by atoms with Gasteiger partial charge in [-0.2, -0.15) is 0 Å². The number of esters is 1. The maximum atomic E-state index is 11.6. The van der Waals surface area contributed by atoms with Crippen LogP contribution in [0.3, 0.4) is 0 Å². The zero-order chi connectivity index (χ0) is 17.2. The van der Waals surface area contributed by atoms with Crippen LogP contribution in [0.2, 0.25) is 0 Å². The Hall–Kier alpha value is -2.19. The van der Waals surface area contributed by atoms with Crippen molar-refractivity contribution in [1.82, 2.24) is 0 Å². The minimum absolute atomic E-state index is 0.155. The highest BCUT2D eigenvalue weighted by molar-refractivity contribution is 5.91. The highest BCUT2D eigenvalue weighted by Gasteiger charge is 2.18. The molecule has 8 nitrogen and oxygen atoms in total. The molecule has 128 valence electrons. The van der Waals surface area contributed by atoms with E-state index in [2.05, 4.69) is 5.32 Å². The Morgan fingerprint density at radius 3 is 2.61 bits per heavy atom. The molecule has 0 bridgehead atoms. The fourth-order valence-corrected chi connectivity index (χ4v) is 2.00. The molecule has 1 N–H and O–H groups in total. The largest absolute Gasteiger partial charge is 0.462 e. The van der Waals surface area contributed by atoms with Gasteiger partial charge < -0.3 is 19.5 Å². The van der Waals surface area contributed by atoms with Crippen molar-refractivity contribution in [2.24, 2.45) is 0 Å². The predicted octanol–water partition coefficient (Wildman–Crippen LogP) is 2.58. The van der Waals surface area contributed by atoms with Crippen molar-refractivity contribution in [3.63, 3.8) is 0 Å². The molecule has 0 spiro atoms. The number of carbonyl (C=O) groups excluding carboxylic acids is 1. The molecule has 8 heteroatoms. The second-order valence-corrected chi connectivity index (χ2v) is 4.68. The van der Waals surface area contributed by atoms with E-state index in [0.717, 1.165) is 0 Å². The summed E-state index contributed by atoms with van der Waals surface area (Å²) in [6.45, 7) is 2.41. The van der Waals surface area contributed by atoms with E-state index < -0.39 is 10.9 Å². The van der Waals surface area contributed by atoms with Gasteiger partial charge in [0.25, 0.3) is 5.69 Å². The Labute approximate surface area is 134 Å². The highest BCUT2D eigenvalue weighted by atomic mass is 16.7. The number of ether oxygens (including phenoxy) is 3. The monoisotopic (exact) mass is 326 g/mol. The molecular weight excluding hydrogens is 304 g/mol. The first-order valence-corrected chi connectivity index (χ1v) is 7.28. The summed E-state index contributed by atoms with van der Waals surface area (Å²) in [6.07, 6.45) is 1.08. The minimum atomic E-state index is -0.579. The van der Waals surface area contributed by atoms with E-state index >= 15 is 0 Å². The SMILES string of the molecule is CCOC(=O)c1ccc(NCCCC(OC)OC)c([N+](=O)[O-])c1. The van der Waals surface area contributed by atoms with Crippen LogP contribution in [0.1, 0.15) is 30.1 Å². The molecule has 1 aromatic rings. The number of nitrogens with zero attached hydrogens (tertiary/aromatic N) is 1. The van der Waals surface area contributed by atoms with Crippen LogP contribution < -0.4 is 5.32 Å². The predicted molar refractivity (Wildman–Crippen MR) is 84.6 cm³/mol. The molecule has 1 aromatic carbocycles. The lowest BCUT2D eigenvalue weighted by atomic mass is 10.1. The zero-order valence-electron chi connectivity index (χ0n) is 13.5. The first kappa shape index (κ1) is 18.9. The summed E-state index contributed by atoms with van der Waals surface area (Å²) in [5, 5.41) is 14.2. The molecule has 0 aliphatic heterocycles. The Balaban J connectivity index is 2.71. The fraction of sp³-hybridized carbons (Fsp3) is 0.533. The summed E-state index contributed by atoms with van der Waals surface area (Å²) in [7, 11) is 3.11. The number of nitrogens with one attached hydrogen (secondary N) is 1. The van der Waals surface area contributed by atoms with Crippen LogP contribution in [0, 0.1) is 10.1 Å². The molecule has 0 saturated carbocycles. The van der Waals surface area contributed by atoms with Crippen molar-refractivity contribution in [1.29, 1.82) is 0 Å². The molecule has 1 rings (SSSR count). The maximum Gasteiger partial charge on any atom is 0.338 e. The maximum absolute atomic E-state index is 11.6. The molecule has 0 aliphatic carbocycles. The number of rotatable bonds is 10. The number of anilines is 1. The van der Waals surface area contributed by atoms with Gasteiger partial charge >= 0.3 is 5.97 Å². The van der Waals surface area contributed by atoms with E-state index in [1.54, 1.807) is 21.1 Å². The first-order chi connectivity index (χ1) is 11.0. The van der Waals surface area contributed by atoms with Gasteiger partial charge in [0, 0.05) is 26.8 Å². The highest BCUT2D eigenvalue weighted by Crippen LogP contribution is 2.26. The Morgan fingerprint density at radius 2 is 2.04 bits per heavy atom.